The summed E-state index contributed by atoms with van der Waals surface area (Å²) in [4.78, 5) is 8.41. The number of nitrogens with two attached hydrogens (primary N) is 1. The molecule has 2 aromatic heterocycles. The van der Waals surface area contributed by atoms with Crippen LogP contribution in [0.15, 0.2) is 15.4 Å². The largest absolute Gasteiger partial charge is 0.337 e. The van der Waals surface area contributed by atoms with Crippen molar-refractivity contribution >= 4 is 11.3 Å². The zero-order chi connectivity index (χ0) is 10.3. The van der Waals surface area contributed by atoms with Crippen LogP contribution in [0, 0.1) is 0 Å². The lowest BCUT2D eigenvalue weighted by Crippen LogP contribution is -2.43. The average Bonchev–Trinajstić information content (AvgIpc) is 2.84. The van der Waals surface area contributed by atoms with Crippen molar-refractivity contribution in [3.8, 4) is 11.5 Å². The summed E-state index contributed by atoms with van der Waals surface area (Å²) in [7, 11) is 0. The van der Waals surface area contributed by atoms with Crippen molar-refractivity contribution in [2.24, 2.45) is 5.73 Å². The van der Waals surface area contributed by atoms with E-state index in [1.807, 2.05) is 5.38 Å². The van der Waals surface area contributed by atoms with Gasteiger partial charge < -0.3 is 10.3 Å². The molecule has 0 unspecified atom stereocenters. The van der Waals surface area contributed by atoms with E-state index in [9.17, 15) is 0 Å². The third-order valence-corrected chi connectivity index (χ3v) is 3.35. The highest BCUT2D eigenvalue weighted by atomic mass is 32.1. The van der Waals surface area contributed by atoms with Crippen LogP contribution in [-0.4, -0.2) is 15.1 Å². The molecule has 78 valence electrons. The molecule has 3 rings (SSSR count). The fourth-order valence-corrected chi connectivity index (χ4v) is 2.15. The second-order valence-corrected chi connectivity index (χ2v) is 4.53. The summed E-state index contributed by atoms with van der Waals surface area (Å²) in [6.45, 7) is 0. The van der Waals surface area contributed by atoms with Gasteiger partial charge in [-0.2, -0.15) is 4.98 Å². The molecule has 1 saturated carbocycles. The number of hydrogen-bond donors (Lipinski definition) is 1. The monoisotopic (exact) mass is 222 g/mol. The minimum atomic E-state index is -0.388. The lowest BCUT2D eigenvalue weighted by molar-refractivity contribution is 0.181. The Morgan fingerprint density at radius 1 is 1.47 bits per heavy atom. The van der Waals surface area contributed by atoms with Crippen LogP contribution in [0.1, 0.15) is 25.2 Å². The van der Waals surface area contributed by atoms with Gasteiger partial charge in [-0.3, -0.25) is 0 Å². The quantitative estimate of drug-likeness (QED) is 0.833. The van der Waals surface area contributed by atoms with Gasteiger partial charge in [0, 0.05) is 5.38 Å². The summed E-state index contributed by atoms with van der Waals surface area (Å²) >= 11 is 1.51. The van der Waals surface area contributed by atoms with Crippen molar-refractivity contribution < 1.29 is 4.52 Å². The Labute approximate surface area is 90.3 Å². The van der Waals surface area contributed by atoms with E-state index >= 15 is 0 Å². The molecule has 2 heterocycles. The van der Waals surface area contributed by atoms with E-state index in [1.54, 1.807) is 5.51 Å². The van der Waals surface area contributed by atoms with Crippen LogP contribution in [0.25, 0.3) is 11.5 Å². The molecule has 1 aliphatic rings. The number of rotatable bonds is 2. The molecule has 15 heavy (non-hydrogen) atoms. The van der Waals surface area contributed by atoms with Gasteiger partial charge in [-0.25, -0.2) is 4.98 Å². The topological polar surface area (TPSA) is 77.8 Å². The van der Waals surface area contributed by atoms with Crippen LogP contribution in [0.3, 0.4) is 0 Å². The molecule has 0 spiro atoms. The summed E-state index contributed by atoms with van der Waals surface area (Å²) in [5.41, 5.74) is 8.18. The fraction of sp³-hybridized carbons (Fsp3) is 0.444. The lowest BCUT2D eigenvalue weighted by atomic mass is 9.78. The Morgan fingerprint density at radius 3 is 2.93 bits per heavy atom. The summed E-state index contributed by atoms with van der Waals surface area (Å²) in [5.74, 6) is 1.07. The molecular weight excluding hydrogens is 212 g/mol. The van der Waals surface area contributed by atoms with Crippen molar-refractivity contribution in [3.63, 3.8) is 0 Å². The third-order valence-electron chi connectivity index (χ3n) is 2.76. The van der Waals surface area contributed by atoms with Gasteiger partial charge in [0.1, 0.15) is 5.69 Å². The maximum atomic E-state index is 6.08. The summed E-state index contributed by atoms with van der Waals surface area (Å²) in [6.07, 6.45) is 2.97. The van der Waals surface area contributed by atoms with Crippen LogP contribution in [-0.2, 0) is 5.54 Å². The van der Waals surface area contributed by atoms with Gasteiger partial charge in [-0.05, 0) is 19.3 Å². The molecule has 0 amide bonds. The normalized spacial score (nSPS) is 18.7. The zero-order valence-electron chi connectivity index (χ0n) is 8.01. The summed E-state index contributed by atoms with van der Waals surface area (Å²) in [5, 5.41) is 5.77. The number of aromatic nitrogens is 3. The van der Waals surface area contributed by atoms with E-state index in [0.29, 0.717) is 11.7 Å². The first kappa shape index (κ1) is 8.99. The highest BCUT2D eigenvalue weighted by Gasteiger charge is 2.40. The smallest absolute Gasteiger partial charge is 0.247 e. The molecule has 0 aromatic carbocycles. The molecule has 0 bridgehead atoms. The van der Waals surface area contributed by atoms with Crippen LogP contribution >= 0.6 is 11.3 Å². The van der Waals surface area contributed by atoms with Gasteiger partial charge in [0.25, 0.3) is 0 Å². The zero-order valence-corrected chi connectivity index (χ0v) is 8.83. The maximum absolute atomic E-state index is 6.08. The van der Waals surface area contributed by atoms with E-state index in [2.05, 4.69) is 15.1 Å². The predicted molar refractivity (Wildman–Crippen MR) is 55.1 cm³/mol. The SMILES string of the molecule is NC1(c2nc(-c3cscn3)no2)CCC1. The van der Waals surface area contributed by atoms with Crippen molar-refractivity contribution in [1.29, 1.82) is 0 Å². The predicted octanol–water partition coefficient (Wildman–Crippen LogP) is 1.53. The minimum Gasteiger partial charge on any atom is -0.337 e. The van der Waals surface area contributed by atoms with Gasteiger partial charge >= 0.3 is 0 Å². The molecule has 2 aromatic rings. The minimum absolute atomic E-state index is 0.388. The van der Waals surface area contributed by atoms with E-state index in [1.165, 1.54) is 11.3 Å². The van der Waals surface area contributed by atoms with Crippen LogP contribution in [0.4, 0.5) is 0 Å². The lowest BCUT2D eigenvalue weighted by Gasteiger charge is -2.33. The molecular formula is C9H10N4OS. The summed E-state index contributed by atoms with van der Waals surface area (Å²) < 4.78 is 5.17. The Bertz CT molecular complexity index is 460. The fourth-order valence-electron chi connectivity index (χ4n) is 1.62. The molecule has 0 aliphatic heterocycles. The molecule has 0 radical (unpaired) electrons. The second kappa shape index (κ2) is 3.11. The van der Waals surface area contributed by atoms with Crippen LogP contribution in [0.5, 0.6) is 0 Å². The molecule has 0 saturated heterocycles. The van der Waals surface area contributed by atoms with E-state index in [4.69, 9.17) is 10.3 Å². The Kier molecular flexibility index (Phi) is 1.86. The Morgan fingerprint density at radius 2 is 2.33 bits per heavy atom. The van der Waals surface area contributed by atoms with E-state index in [0.717, 1.165) is 25.0 Å². The molecule has 0 atom stereocenters. The third kappa shape index (κ3) is 1.37. The number of thiazole rings is 1. The molecule has 1 aliphatic carbocycles. The van der Waals surface area contributed by atoms with Crippen molar-refractivity contribution in [1.82, 2.24) is 15.1 Å². The first-order chi connectivity index (χ1) is 7.28. The standard InChI is InChI=1S/C9H10N4OS/c10-9(2-1-3-9)8-12-7(13-14-8)6-4-15-5-11-6/h4-5H,1-3,10H2. The molecule has 2 N–H and O–H groups in total. The van der Waals surface area contributed by atoms with Gasteiger partial charge in [0.2, 0.25) is 11.7 Å². The van der Waals surface area contributed by atoms with Crippen molar-refractivity contribution in [2.75, 3.05) is 0 Å². The van der Waals surface area contributed by atoms with Crippen LogP contribution in [0.2, 0.25) is 0 Å². The maximum Gasteiger partial charge on any atom is 0.247 e. The van der Waals surface area contributed by atoms with Gasteiger partial charge in [-0.15, -0.1) is 11.3 Å². The first-order valence-electron chi connectivity index (χ1n) is 4.80. The van der Waals surface area contributed by atoms with Crippen molar-refractivity contribution in [3.05, 3.63) is 16.8 Å². The highest BCUT2D eigenvalue weighted by molar-refractivity contribution is 7.07. The second-order valence-electron chi connectivity index (χ2n) is 3.81. The van der Waals surface area contributed by atoms with Gasteiger partial charge in [-0.1, -0.05) is 5.16 Å². The first-order valence-corrected chi connectivity index (χ1v) is 5.74. The summed E-state index contributed by atoms with van der Waals surface area (Å²) in [6, 6.07) is 0. The van der Waals surface area contributed by atoms with E-state index < -0.39 is 0 Å². The van der Waals surface area contributed by atoms with Crippen molar-refractivity contribution in [2.45, 2.75) is 24.8 Å². The van der Waals surface area contributed by atoms with E-state index in [-0.39, 0.29) is 5.54 Å². The highest BCUT2D eigenvalue weighted by Crippen LogP contribution is 2.38. The Hall–Kier alpha value is -1.27. The Balaban J connectivity index is 1.94. The molecule has 6 heteroatoms. The van der Waals surface area contributed by atoms with Gasteiger partial charge in [0.15, 0.2) is 0 Å². The van der Waals surface area contributed by atoms with Crippen LogP contribution < -0.4 is 5.73 Å². The molecule has 5 nitrogen and oxygen atoms in total. The molecule has 1 fully saturated rings. The number of hydrogen-bond acceptors (Lipinski definition) is 6. The number of nitrogens with zero attached hydrogens (tertiary/aromatic N) is 3. The van der Waals surface area contributed by atoms with Gasteiger partial charge in [0.05, 0.1) is 11.0 Å². The average molecular weight is 222 g/mol.